The van der Waals surface area contributed by atoms with Gasteiger partial charge in [0.1, 0.15) is 6.26 Å². The molecule has 3 aromatic rings. The fourth-order valence-electron chi connectivity index (χ4n) is 3.03. The van der Waals surface area contributed by atoms with Gasteiger partial charge in [0.15, 0.2) is 5.03 Å². The van der Waals surface area contributed by atoms with Gasteiger partial charge < -0.3 is 10.3 Å². The lowest BCUT2D eigenvalue weighted by atomic mass is 10.0. The van der Waals surface area contributed by atoms with Crippen molar-refractivity contribution >= 4 is 20.8 Å². The third-order valence-electron chi connectivity index (χ3n) is 4.27. The molecule has 0 bridgehead atoms. The molecule has 1 fully saturated rings. The van der Waals surface area contributed by atoms with Gasteiger partial charge >= 0.3 is 0 Å². The molecular weight excluding hydrogens is 328 g/mol. The lowest BCUT2D eigenvalue weighted by Gasteiger charge is -2.17. The van der Waals surface area contributed by atoms with E-state index in [4.69, 9.17) is 10.3 Å². The molecule has 1 aromatic carbocycles. The molecule has 8 heteroatoms. The van der Waals surface area contributed by atoms with Crippen LogP contribution in [-0.4, -0.2) is 42.0 Å². The van der Waals surface area contributed by atoms with Crippen molar-refractivity contribution in [2.75, 3.05) is 13.1 Å². The number of hydrogen-bond donors (Lipinski definition) is 1. The minimum absolute atomic E-state index is 0.0624. The monoisotopic (exact) mass is 344 g/mol. The van der Waals surface area contributed by atoms with Crippen molar-refractivity contribution in [3.8, 4) is 11.1 Å². The van der Waals surface area contributed by atoms with E-state index in [0.29, 0.717) is 24.9 Å². The lowest BCUT2D eigenvalue weighted by Crippen LogP contribution is -2.32. The van der Waals surface area contributed by atoms with Crippen LogP contribution >= 0.6 is 0 Å². The molecule has 7 nitrogen and oxygen atoms in total. The summed E-state index contributed by atoms with van der Waals surface area (Å²) in [6.07, 6.45) is 5.31. The first-order valence-electron chi connectivity index (χ1n) is 7.60. The molecule has 1 aliphatic heterocycles. The van der Waals surface area contributed by atoms with Gasteiger partial charge in [0, 0.05) is 41.8 Å². The van der Waals surface area contributed by atoms with Crippen molar-refractivity contribution in [3.05, 3.63) is 42.9 Å². The van der Waals surface area contributed by atoms with Gasteiger partial charge in [0.2, 0.25) is 0 Å². The molecule has 24 heavy (non-hydrogen) atoms. The molecule has 1 aliphatic rings. The van der Waals surface area contributed by atoms with Gasteiger partial charge in [0.25, 0.3) is 10.0 Å². The summed E-state index contributed by atoms with van der Waals surface area (Å²) in [5.74, 6) is 0. The van der Waals surface area contributed by atoms with Crippen molar-refractivity contribution in [2.45, 2.75) is 17.5 Å². The summed E-state index contributed by atoms with van der Waals surface area (Å²) < 4.78 is 32.2. The van der Waals surface area contributed by atoms with Crippen LogP contribution in [0.1, 0.15) is 6.42 Å². The second-order valence-corrected chi connectivity index (χ2v) is 7.70. The van der Waals surface area contributed by atoms with E-state index in [1.54, 1.807) is 24.5 Å². The largest absolute Gasteiger partial charge is 0.364 e. The zero-order valence-corrected chi connectivity index (χ0v) is 13.6. The summed E-state index contributed by atoms with van der Waals surface area (Å²) in [5, 5.41) is 5.14. The Bertz CT molecular complexity index is 986. The van der Waals surface area contributed by atoms with E-state index < -0.39 is 10.0 Å². The van der Waals surface area contributed by atoms with Crippen LogP contribution in [0, 0.1) is 0 Å². The molecule has 1 saturated heterocycles. The molecular formula is C16H16N4O3S. The highest BCUT2D eigenvalue weighted by molar-refractivity contribution is 7.89. The zero-order valence-electron chi connectivity index (χ0n) is 12.8. The van der Waals surface area contributed by atoms with Crippen LogP contribution in [0.25, 0.3) is 21.9 Å². The molecule has 0 unspecified atom stereocenters. The van der Waals surface area contributed by atoms with E-state index in [-0.39, 0.29) is 11.1 Å². The van der Waals surface area contributed by atoms with E-state index in [0.717, 1.165) is 16.5 Å². The average Bonchev–Trinajstić information content (AvgIpc) is 3.25. The van der Waals surface area contributed by atoms with Gasteiger partial charge in [-0.25, -0.2) is 13.4 Å². The predicted octanol–water partition coefficient (Wildman–Crippen LogP) is 1.61. The molecule has 0 saturated carbocycles. The Morgan fingerprint density at radius 3 is 2.67 bits per heavy atom. The van der Waals surface area contributed by atoms with Gasteiger partial charge in [-0.2, -0.15) is 4.31 Å². The SMILES string of the molecule is N[C@H]1CCN(S(=O)(=O)c2ncc(-c3cnoc3)c3ccccc23)C1. The van der Waals surface area contributed by atoms with E-state index in [2.05, 4.69) is 10.1 Å². The number of aromatic nitrogens is 2. The fraction of sp³-hybridized carbons (Fsp3) is 0.250. The van der Waals surface area contributed by atoms with Crippen molar-refractivity contribution in [1.82, 2.24) is 14.4 Å². The normalized spacial score (nSPS) is 19.1. The maximum atomic E-state index is 13.0. The summed E-state index contributed by atoms with van der Waals surface area (Å²) in [6.45, 7) is 0.749. The summed E-state index contributed by atoms with van der Waals surface area (Å²) in [5.41, 5.74) is 7.39. The third-order valence-corrected chi connectivity index (χ3v) is 6.10. The van der Waals surface area contributed by atoms with Gasteiger partial charge in [-0.3, -0.25) is 0 Å². The molecule has 0 radical (unpaired) electrons. The first-order valence-corrected chi connectivity index (χ1v) is 9.04. The number of rotatable bonds is 3. The number of fused-ring (bicyclic) bond motifs is 1. The number of hydrogen-bond acceptors (Lipinski definition) is 6. The Hall–Kier alpha value is -2.29. The van der Waals surface area contributed by atoms with Crippen molar-refractivity contribution in [3.63, 3.8) is 0 Å². The number of sulfonamides is 1. The number of benzene rings is 1. The van der Waals surface area contributed by atoms with Crippen LogP contribution in [0.15, 0.2) is 52.5 Å². The van der Waals surface area contributed by atoms with Crippen LogP contribution in [-0.2, 0) is 10.0 Å². The molecule has 0 amide bonds. The molecule has 124 valence electrons. The second kappa shape index (κ2) is 5.66. The van der Waals surface area contributed by atoms with Crippen LogP contribution in [0.3, 0.4) is 0 Å². The smallest absolute Gasteiger partial charge is 0.261 e. The Labute approximate surface area is 139 Å². The second-order valence-electron chi connectivity index (χ2n) is 5.85. The molecule has 3 heterocycles. The summed E-state index contributed by atoms with van der Waals surface area (Å²) in [4.78, 5) is 4.26. The topological polar surface area (TPSA) is 102 Å². The average molecular weight is 344 g/mol. The van der Waals surface area contributed by atoms with Crippen molar-refractivity contribution < 1.29 is 12.9 Å². The number of nitrogens with zero attached hydrogens (tertiary/aromatic N) is 3. The minimum atomic E-state index is -3.68. The summed E-state index contributed by atoms with van der Waals surface area (Å²) in [6, 6.07) is 7.18. The molecule has 2 N–H and O–H groups in total. The quantitative estimate of drug-likeness (QED) is 0.774. The van der Waals surface area contributed by atoms with E-state index in [1.807, 2.05) is 12.1 Å². The molecule has 4 rings (SSSR count). The zero-order chi connectivity index (χ0) is 16.7. The lowest BCUT2D eigenvalue weighted by molar-refractivity contribution is 0.420. The molecule has 0 aliphatic carbocycles. The van der Waals surface area contributed by atoms with Gasteiger partial charge in [-0.1, -0.05) is 29.4 Å². The van der Waals surface area contributed by atoms with Crippen LogP contribution < -0.4 is 5.73 Å². The molecule has 2 aromatic heterocycles. The maximum absolute atomic E-state index is 13.0. The van der Waals surface area contributed by atoms with Gasteiger partial charge in [-0.15, -0.1) is 0 Å². The van der Waals surface area contributed by atoms with E-state index in [9.17, 15) is 8.42 Å². The Kier molecular flexibility index (Phi) is 3.60. The number of pyridine rings is 1. The standard InChI is InChI=1S/C16H16N4O3S/c17-12-5-6-20(9-12)24(21,22)16-14-4-2-1-3-13(14)15(8-18-16)11-7-19-23-10-11/h1-4,7-8,10,12H,5-6,9,17H2/t12-/m0/s1. The first-order chi connectivity index (χ1) is 11.6. The van der Waals surface area contributed by atoms with E-state index >= 15 is 0 Å². The fourth-order valence-corrected chi connectivity index (χ4v) is 4.65. The maximum Gasteiger partial charge on any atom is 0.261 e. The van der Waals surface area contributed by atoms with Crippen LogP contribution in [0.2, 0.25) is 0 Å². The third kappa shape index (κ3) is 2.39. The Morgan fingerprint density at radius 2 is 2.00 bits per heavy atom. The first kappa shape index (κ1) is 15.3. The summed E-state index contributed by atoms with van der Waals surface area (Å²) in [7, 11) is -3.68. The highest BCUT2D eigenvalue weighted by Gasteiger charge is 2.33. The van der Waals surface area contributed by atoms with Gasteiger partial charge in [-0.05, 0) is 11.8 Å². The number of nitrogens with two attached hydrogens (primary N) is 1. The minimum Gasteiger partial charge on any atom is -0.364 e. The van der Waals surface area contributed by atoms with Crippen LogP contribution in [0.5, 0.6) is 0 Å². The Balaban J connectivity index is 1.91. The molecule has 1 atom stereocenters. The van der Waals surface area contributed by atoms with Gasteiger partial charge in [0.05, 0.1) is 6.20 Å². The van der Waals surface area contributed by atoms with Crippen molar-refractivity contribution in [1.29, 1.82) is 0 Å². The van der Waals surface area contributed by atoms with E-state index in [1.165, 1.54) is 10.6 Å². The Morgan fingerprint density at radius 1 is 1.21 bits per heavy atom. The van der Waals surface area contributed by atoms with Crippen molar-refractivity contribution in [2.24, 2.45) is 5.73 Å². The predicted molar refractivity (Wildman–Crippen MR) is 88.6 cm³/mol. The highest BCUT2D eigenvalue weighted by atomic mass is 32.2. The molecule has 0 spiro atoms. The van der Waals surface area contributed by atoms with Crippen LogP contribution in [0.4, 0.5) is 0 Å². The summed E-state index contributed by atoms with van der Waals surface area (Å²) >= 11 is 0. The highest BCUT2D eigenvalue weighted by Crippen LogP contribution is 2.32.